The molecule has 31 heavy (non-hydrogen) atoms. The zero-order valence-electron chi connectivity index (χ0n) is 18.4. The average Bonchev–Trinajstić information content (AvgIpc) is 3.35. The third-order valence-electron chi connectivity index (χ3n) is 6.87. The molecule has 7 nitrogen and oxygen atoms in total. The lowest BCUT2D eigenvalue weighted by Crippen LogP contribution is -2.52. The Morgan fingerprint density at radius 3 is 3.00 bits per heavy atom. The lowest BCUT2D eigenvalue weighted by Gasteiger charge is -2.43. The van der Waals surface area contributed by atoms with Crippen LogP contribution in [0.2, 0.25) is 0 Å². The van der Waals surface area contributed by atoms with Crippen molar-refractivity contribution < 1.29 is 9.32 Å². The number of H-pyrrole nitrogens is 1. The summed E-state index contributed by atoms with van der Waals surface area (Å²) in [5.74, 6) is 1.67. The van der Waals surface area contributed by atoms with E-state index in [0.29, 0.717) is 24.7 Å². The lowest BCUT2D eigenvalue weighted by atomic mass is 9.79. The van der Waals surface area contributed by atoms with E-state index in [-0.39, 0.29) is 17.5 Å². The van der Waals surface area contributed by atoms with Crippen LogP contribution in [0, 0.1) is 0 Å². The molecule has 164 valence electrons. The molecule has 3 heterocycles. The molecule has 3 aromatic heterocycles. The Labute approximate surface area is 182 Å². The van der Waals surface area contributed by atoms with E-state index in [1.54, 1.807) is 6.20 Å². The molecule has 7 heteroatoms. The Morgan fingerprint density at radius 2 is 2.23 bits per heavy atom. The fourth-order valence-electron chi connectivity index (χ4n) is 4.95. The van der Waals surface area contributed by atoms with Crippen molar-refractivity contribution >= 4 is 16.9 Å². The van der Waals surface area contributed by atoms with Crippen molar-refractivity contribution in [2.45, 2.75) is 76.4 Å². The van der Waals surface area contributed by atoms with Gasteiger partial charge in [-0.15, -0.1) is 0 Å². The molecule has 2 fully saturated rings. The van der Waals surface area contributed by atoms with Gasteiger partial charge in [0, 0.05) is 42.9 Å². The minimum Gasteiger partial charge on any atom is -0.361 e. The standard InChI is InChI=1S/C24H31N5O2/c1-3-29(23(30)21-13-20-19(27-21)7-5-11-25-20)18-6-4-10-24(2,14-18)26-15-17-12-22(31-28-17)16-8-9-16/h5,7,11-13,16,18,26-27H,3-4,6,8-10,14-15H2,1-2H3/t18-,24?/m0/s1. The first-order valence-electron chi connectivity index (χ1n) is 11.5. The maximum Gasteiger partial charge on any atom is 0.270 e. The third-order valence-corrected chi connectivity index (χ3v) is 6.87. The number of nitrogens with zero attached hydrogens (tertiary/aromatic N) is 3. The number of fused-ring (bicyclic) bond motifs is 1. The maximum atomic E-state index is 13.3. The highest BCUT2D eigenvalue weighted by atomic mass is 16.5. The third kappa shape index (κ3) is 4.24. The average molecular weight is 422 g/mol. The van der Waals surface area contributed by atoms with Crippen molar-refractivity contribution in [2.75, 3.05) is 6.54 Å². The van der Waals surface area contributed by atoms with E-state index in [1.807, 2.05) is 23.1 Å². The molecule has 0 aromatic carbocycles. The highest BCUT2D eigenvalue weighted by molar-refractivity contribution is 5.97. The van der Waals surface area contributed by atoms with E-state index < -0.39 is 0 Å². The zero-order chi connectivity index (χ0) is 21.4. The summed E-state index contributed by atoms with van der Waals surface area (Å²) in [6, 6.07) is 8.01. The molecule has 0 radical (unpaired) electrons. The second-order valence-corrected chi connectivity index (χ2v) is 9.37. The number of carbonyl (C=O) groups is 1. The van der Waals surface area contributed by atoms with Crippen LogP contribution in [0.25, 0.3) is 11.0 Å². The number of pyridine rings is 1. The van der Waals surface area contributed by atoms with Crippen molar-refractivity contribution in [1.82, 2.24) is 25.3 Å². The first kappa shape index (κ1) is 20.2. The molecule has 0 bridgehead atoms. The van der Waals surface area contributed by atoms with E-state index in [9.17, 15) is 4.79 Å². The quantitative estimate of drug-likeness (QED) is 0.591. The summed E-state index contributed by atoms with van der Waals surface area (Å²) < 4.78 is 5.49. The highest BCUT2D eigenvalue weighted by Crippen LogP contribution is 2.40. The predicted octanol–water partition coefficient (Wildman–Crippen LogP) is 4.38. The summed E-state index contributed by atoms with van der Waals surface area (Å²) >= 11 is 0. The molecule has 2 aliphatic carbocycles. The van der Waals surface area contributed by atoms with Crippen LogP contribution >= 0.6 is 0 Å². The van der Waals surface area contributed by atoms with Crippen LogP contribution < -0.4 is 5.32 Å². The Kier molecular flexibility index (Phi) is 5.30. The SMILES string of the molecule is CCN(C(=O)c1cc2ncccc2[nH]1)[C@H]1CCCC(C)(NCc2cc(C3CC3)on2)C1. The Bertz CT molecular complexity index is 1040. The van der Waals surface area contributed by atoms with Crippen LogP contribution in [0.4, 0.5) is 0 Å². The molecule has 0 saturated heterocycles. The van der Waals surface area contributed by atoms with Gasteiger partial charge in [0.05, 0.1) is 16.7 Å². The van der Waals surface area contributed by atoms with Gasteiger partial charge >= 0.3 is 0 Å². The smallest absolute Gasteiger partial charge is 0.270 e. The van der Waals surface area contributed by atoms with Crippen LogP contribution in [-0.4, -0.2) is 44.1 Å². The minimum atomic E-state index is -0.0304. The minimum absolute atomic E-state index is 0.0304. The van der Waals surface area contributed by atoms with E-state index >= 15 is 0 Å². The number of nitrogens with one attached hydrogen (secondary N) is 2. The number of aromatic nitrogens is 3. The molecular weight excluding hydrogens is 390 g/mol. The summed E-state index contributed by atoms with van der Waals surface area (Å²) in [6.07, 6.45) is 8.34. The van der Waals surface area contributed by atoms with E-state index in [4.69, 9.17) is 4.52 Å². The van der Waals surface area contributed by atoms with Crippen molar-refractivity contribution in [3.8, 4) is 0 Å². The summed E-state index contributed by atoms with van der Waals surface area (Å²) in [6.45, 7) is 5.73. The van der Waals surface area contributed by atoms with Crippen molar-refractivity contribution in [1.29, 1.82) is 0 Å². The first-order chi connectivity index (χ1) is 15.0. The number of amides is 1. The molecule has 2 atom stereocenters. The fourth-order valence-corrected chi connectivity index (χ4v) is 4.95. The van der Waals surface area contributed by atoms with Gasteiger partial charge in [-0.05, 0) is 70.6 Å². The van der Waals surface area contributed by atoms with Gasteiger partial charge in [0.1, 0.15) is 11.5 Å². The molecule has 0 spiro atoms. The van der Waals surface area contributed by atoms with Crippen molar-refractivity contribution in [3.05, 3.63) is 47.6 Å². The van der Waals surface area contributed by atoms with Gasteiger partial charge < -0.3 is 19.7 Å². The predicted molar refractivity (Wildman–Crippen MR) is 119 cm³/mol. The molecule has 5 rings (SSSR count). The van der Waals surface area contributed by atoms with Gasteiger partial charge in [0.25, 0.3) is 5.91 Å². The lowest BCUT2D eigenvalue weighted by molar-refractivity contribution is 0.0570. The molecule has 0 aliphatic heterocycles. The highest BCUT2D eigenvalue weighted by Gasteiger charge is 2.36. The second-order valence-electron chi connectivity index (χ2n) is 9.37. The topological polar surface area (TPSA) is 87.0 Å². The molecule has 1 unspecified atom stereocenters. The molecule has 1 amide bonds. The normalized spacial score (nSPS) is 23.9. The van der Waals surface area contributed by atoms with Gasteiger partial charge in [-0.25, -0.2) is 0 Å². The molecule has 2 N–H and O–H groups in total. The number of aromatic amines is 1. The fraction of sp³-hybridized carbons (Fsp3) is 0.542. The Morgan fingerprint density at radius 1 is 1.35 bits per heavy atom. The summed E-state index contributed by atoms with van der Waals surface area (Å²) in [5.41, 5.74) is 3.29. The van der Waals surface area contributed by atoms with Gasteiger partial charge in [-0.2, -0.15) is 0 Å². The van der Waals surface area contributed by atoms with Gasteiger partial charge in [-0.3, -0.25) is 9.78 Å². The summed E-state index contributed by atoms with van der Waals surface area (Å²) in [4.78, 5) is 22.9. The molecule has 3 aromatic rings. The summed E-state index contributed by atoms with van der Waals surface area (Å²) in [7, 11) is 0. The van der Waals surface area contributed by atoms with Crippen LogP contribution in [0.5, 0.6) is 0 Å². The van der Waals surface area contributed by atoms with Crippen LogP contribution in [0.15, 0.2) is 35.0 Å². The Balaban J connectivity index is 1.26. The largest absolute Gasteiger partial charge is 0.361 e. The van der Waals surface area contributed by atoms with Gasteiger partial charge in [0.15, 0.2) is 0 Å². The molecular formula is C24H31N5O2. The number of hydrogen-bond acceptors (Lipinski definition) is 5. The Hall–Kier alpha value is -2.67. The van der Waals surface area contributed by atoms with Crippen LogP contribution in [0.3, 0.4) is 0 Å². The maximum absolute atomic E-state index is 13.3. The van der Waals surface area contributed by atoms with E-state index in [2.05, 4.69) is 40.4 Å². The summed E-state index contributed by atoms with van der Waals surface area (Å²) in [5, 5.41) is 7.96. The van der Waals surface area contributed by atoms with E-state index in [0.717, 1.165) is 48.2 Å². The molecule has 2 aliphatic rings. The number of hydrogen-bond donors (Lipinski definition) is 2. The van der Waals surface area contributed by atoms with Crippen LogP contribution in [-0.2, 0) is 6.54 Å². The van der Waals surface area contributed by atoms with E-state index in [1.165, 1.54) is 12.8 Å². The zero-order valence-corrected chi connectivity index (χ0v) is 18.4. The van der Waals surface area contributed by atoms with Gasteiger partial charge in [0.2, 0.25) is 0 Å². The number of carbonyl (C=O) groups excluding carboxylic acids is 1. The van der Waals surface area contributed by atoms with Crippen molar-refractivity contribution in [3.63, 3.8) is 0 Å². The molecule has 2 saturated carbocycles. The monoisotopic (exact) mass is 421 g/mol. The van der Waals surface area contributed by atoms with Gasteiger partial charge in [-0.1, -0.05) is 5.16 Å². The first-order valence-corrected chi connectivity index (χ1v) is 11.5. The van der Waals surface area contributed by atoms with Crippen molar-refractivity contribution in [2.24, 2.45) is 0 Å². The number of rotatable bonds is 7. The second kappa shape index (κ2) is 8.11. The van der Waals surface area contributed by atoms with Crippen LogP contribution in [0.1, 0.15) is 80.2 Å².